The van der Waals surface area contributed by atoms with Gasteiger partial charge in [0.2, 0.25) is 0 Å². The molecule has 0 radical (unpaired) electrons. The standard InChI is InChI=1S/C16H23N3/c1-5-17-9-15-10-19(18-14(15)4)11-16-12(2)7-6-8-13(16)3/h6-8,10,17H,5,9,11H2,1-4H3. The summed E-state index contributed by atoms with van der Waals surface area (Å²) in [5.41, 5.74) is 6.45. The Kier molecular flexibility index (Phi) is 4.38. The van der Waals surface area contributed by atoms with Crippen molar-refractivity contribution in [2.24, 2.45) is 0 Å². The second-order valence-corrected chi connectivity index (χ2v) is 5.09. The molecule has 0 saturated carbocycles. The Hall–Kier alpha value is -1.61. The van der Waals surface area contributed by atoms with Crippen LogP contribution in [-0.2, 0) is 13.1 Å². The van der Waals surface area contributed by atoms with Crippen LogP contribution in [0.25, 0.3) is 0 Å². The minimum atomic E-state index is 0.853. The van der Waals surface area contributed by atoms with E-state index in [9.17, 15) is 0 Å². The van der Waals surface area contributed by atoms with E-state index in [1.165, 1.54) is 22.3 Å². The van der Waals surface area contributed by atoms with Crippen molar-refractivity contribution in [3.8, 4) is 0 Å². The fraction of sp³-hybridized carbons (Fsp3) is 0.438. The Morgan fingerprint density at radius 3 is 2.47 bits per heavy atom. The third kappa shape index (κ3) is 3.24. The Labute approximate surface area is 115 Å². The SMILES string of the molecule is CCNCc1cn(Cc2c(C)cccc2C)nc1C. The zero-order valence-corrected chi connectivity index (χ0v) is 12.3. The lowest BCUT2D eigenvalue weighted by Gasteiger charge is -2.09. The van der Waals surface area contributed by atoms with Crippen molar-refractivity contribution >= 4 is 0 Å². The molecular formula is C16H23N3. The van der Waals surface area contributed by atoms with Crippen molar-refractivity contribution in [1.82, 2.24) is 15.1 Å². The zero-order chi connectivity index (χ0) is 13.8. The third-order valence-electron chi connectivity index (χ3n) is 3.58. The van der Waals surface area contributed by atoms with Gasteiger partial charge in [-0.05, 0) is 44.0 Å². The molecule has 2 aromatic rings. The summed E-state index contributed by atoms with van der Waals surface area (Å²) in [7, 11) is 0. The molecule has 0 atom stereocenters. The molecule has 0 aliphatic rings. The first-order valence-corrected chi connectivity index (χ1v) is 6.90. The van der Waals surface area contributed by atoms with Crippen molar-refractivity contribution in [3.05, 3.63) is 52.3 Å². The number of aromatic nitrogens is 2. The number of nitrogens with one attached hydrogen (secondary N) is 1. The van der Waals surface area contributed by atoms with Crippen LogP contribution in [0.1, 0.15) is 34.9 Å². The molecule has 102 valence electrons. The monoisotopic (exact) mass is 257 g/mol. The van der Waals surface area contributed by atoms with Crippen LogP contribution in [-0.4, -0.2) is 16.3 Å². The average molecular weight is 257 g/mol. The summed E-state index contributed by atoms with van der Waals surface area (Å²) in [6.07, 6.45) is 2.16. The Morgan fingerprint density at radius 1 is 1.16 bits per heavy atom. The molecule has 0 aliphatic carbocycles. The van der Waals surface area contributed by atoms with Gasteiger partial charge < -0.3 is 5.32 Å². The molecule has 0 spiro atoms. The molecule has 0 saturated heterocycles. The van der Waals surface area contributed by atoms with Gasteiger partial charge in [0, 0.05) is 18.3 Å². The highest BCUT2D eigenvalue weighted by atomic mass is 15.3. The maximum absolute atomic E-state index is 4.62. The lowest BCUT2D eigenvalue weighted by atomic mass is 10.0. The van der Waals surface area contributed by atoms with Gasteiger partial charge in [-0.25, -0.2) is 0 Å². The topological polar surface area (TPSA) is 29.9 Å². The largest absolute Gasteiger partial charge is 0.313 e. The van der Waals surface area contributed by atoms with E-state index in [1.54, 1.807) is 0 Å². The van der Waals surface area contributed by atoms with Crippen molar-refractivity contribution in [2.75, 3.05) is 6.54 Å². The molecule has 0 fully saturated rings. The lowest BCUT2D eigenvalue weighted by molar-refractivity contribution is 0.672. The van der Waals surface area contributed by atoms with E-state index in [4.69, 9.17) is 0 Å². The number of nitrogens with zero attached hydrogens (tertiary/aromatic N) is 2. The molecule has 3 nitrogen and oxygen atoms in total. The number of rotatable bonds is 5. The maximum atomic E-state index is 4.62. The van der Waals surface area contributed by atoms with Gasteiger partial charge in [0.25, 0.3) is 0 Å². The molecule has 0 bridgehead atoms. The molecule has 2 rings (SSSR count). The van der Waals surface area contributed by atoms with Crippen LogP contribution >= 0.6 is 0 Å². The molecule has 0 aliphatic heterocycles. The summed E-state index contributed by atoms with van der Waals surface area (Å²) in [5.74, 6) is 0. The normalized spacial score (nSPS) is 10.9. The lowest BCUT2D eigenvalue weighted by Crippen LogP contribution is -2.11. The number of aryl methyl sites for hydroxylation is 3. The van der Waals surface area contributed by atoms with Gasteiger partial charge in [-0.1, -0.05) is 25.1 Å². The van der Waals surface area contributed by atoms with Gasteiger partial charge in [-0.3, -0.25) is 4.68 Å². The van der Waals surface area contributed by atoms with Crippen LogP contribution < -0.4 is 5.32 Å². The van der Waals surface area contributed by atoms with Crippen LogP contribution in [0.15, 0.2) is 24.4 Å². The van der Waals surface area contributed by atoms with Crippen molar-refractivity contribution < 1.29 is 0 Å². The summed E-state index contributed by atoms with van der Waals surface area (Å²) in [4.78, 5) is 0. The van der Waals surface area contributed by atoms with Crippen LogP contribution in [0.3, 0.4) is 0 Å². The summed E-state index contributed by atoms with van der Waals surface area (Å²) in [5, 5.41) is 7.97. The highest BCUT2D eigenvalue weighted by Gasteiger charge is 2.07. The smallest absolute Gasteiger partial charge is 0.0664 e. The minimum Gasteiger partial charge on any atom is -0.313 e. The average Bonchev–Trinajstić information content (AvgIpc) is 2.72. The molecule has 3 heteroatoms. The minimum absolute atomic E-state index is 0.853. The van der Waals surface area contributed by atoms with Crippen LogP contribution in [0, 0.1) is 20.8 Å². The number of benzene rings is 1. The van der Waals surface area contributed by atoms with Crippen LogP contribution in [0.4, 0.5) is 0 Å². The van der Waals surface area contributed by atoms with Gasteiger partial charge >= 0.3 is 0 Å². The van der Waals surface area contributed by atoms with E-state index in [-0.39, 0.29) is 0 Å². The number of hydrogen-bond donors (Lipinski definition) is 1. The van der Waals surface area contributed by atoms with E-state index in [1.807, 2.05) is 0 Å². The van der Waals surface area contributed by atoms with E-state index in [2.05, 4.69) is 67.2 Å². The van der Waals surface area contributed by atoms with E-state index in [0.717, 1.165) is 25.3 Å². The molecule has 0 amide bonds. The zero-order valence-electron chi connectivity index (χ0n) is 12.3. The third-order valence-corrected chi connectivity index (χ3v) is 3.58. The first-order valence-electron chi connectivity index (χ1n) is 6.90. The quantitative estimate of drug-likeness (QED) is 0.892. The molecule has 1 aromatic carbocycles. The molecule has 19 heavy (non-hydrogen) atoms. The second kappa shape index (κ2) is 6.02. The summed E-state index contributed by atoms with van der Waals surface area (Å²) < 4.78 is 2.05. The summed E-state index contributed by atoms with van der Waals surface area (Å²) in [6, 6.07) is 6.44. The van der Waals surface area contributed by atoms with Gasteiger partial charge in [0.15, 0.2) is 0 Å². The highest BCUT2D eigenvalue weighted by molar-refractivity contribution is 5.33. The van der Waals surface area contributed by atoms with E-state index >= 15 is 0 Å². The van der Waals surface area contributed by atoms with Crippen LogP contribution in [0.5, 0.6) is 0 Å². The molecule has 0 unspecified atom stereocenters. The van der Waals surface area contributed by atoms with E-state index in [0.29, 0.717) is 0 Å². The van der Waals surface area contributed by atoms with Crippen molar-refractivity contribution in [1.29, 1.82) is 0 Å². The predicted molar refractivity (Wildman–Crippen MR) is 79.4 cm³/mol. The first kappa shape index (κ1) is 13.8. The Bertz CT molecular complexity index is 535. The first-order chi connectivity index (χ1) is 9.11. The Morgan fingerprint density at radius 2 is 1.84 bits per heavy atom. The number of hydrogen-bond acceptors (Lipinski definition) is 2. The van der Waals surface area contributed by atoms with E-state index < -0.39 is 0 Å². The molecule has 1 N–H and O–H groups in total. The van der Waals surface area contributed by atoms with Gasteiger partial charge in [0.05, 0.1) is 12.2 Å². The van der Waals surface area contributed by atoms with Gasteiger partial charge in [-0.2, -0.15) is 5.10 Å². The molecule has 1 heterocycles. The van der Waals surface area contributed by atoms with Crippen molar-refractivity contribution in [2.45, 2.75) is 40.8 Å². The Balaban J connectivity index is 2.19. The van der Waals surface area contributed by atoms with Gasteiger partial charge in [-0.15, -0.1) is 0 Å². The highest BCUT2D eigenvalue weighted by Crippen LogP contribution is 2.15. The fourth-order valence-electron chi connectivity index (χ4n) is 2.33. The fourth-order valence-corrected chi connectivity index (χ4v) is 2.33. The second-order valence-electron chi connectivity index (χ2n) is 5.09. The molecular weight excluding hydrogens is 234 g/mol. The summed E-state index contributed by atoms with van der Waals surface area (Å²) in [6.45, 7) is 11.3. The van der Waals surface area contributed by atoms with Crippen molar-refractivity contribution in [3.63, 3.8) is 0 Å². The molecule has 1 aromatic heterocycles. The predicted octanol–water partition coefficient (Wildman–Crippen LogP) is 2.97. The maximum Gasteiger partial charge on any atom is 0.0664 e. The van der Waals surface area contributed by atoms with Gasteiger partial charge in [0.1, 0.15) is 0 Å². The van der Waals surface area contributed by atoms with Crippen LogP contribution in [0.2, 0.25) is 0 Å². The summed E-state index contributed by atoms with van der Waals surface area (Å²) >= 11 is 0.